The Labute approximate surface area is 192 Å². The van der Waals surface area contributed by atoms with Crippen LogP contribution in [0.15, 0.2) is 67.0 Å². The average Bonchev–Trinajstić information content (AvgIpc) is 3.34. The van der Waals surface area contributed by atoms with Gasteiger partial charge >= 0.3 is 0 Å². The summed E-state index contributed by atoms with van der Waals surface area (Å²) in [5.41, 5.74) is 5.70. The fraction of sp³-hybridized carbons (Fsp3) is 0.222. The minimum Gasteiger partial charge on any atom is -0.322 e. The molecule has 0 unspecified atom stereocenters. The van der Waals surface area contributed by atoms with Gasteiger partial charge in [0, 0.05) is 35.6 Å². The molecule has 1 aliphatic rings. The van der Waals surface area contributed by atoms with Crippen molar-refractivity contribution in [2.45, 2.75) is 26.3 Å². The van der Waals surface area contributed by atoms with Crippen molar-refractivity contribution in [3.63, 3.8) is 0 Å². The zero-order valence-corrected chi connectivity index (χ0v) is 18.5. The Morgan fingerprint density at radius 2 is 1.79 bits per heavy atom. The molecule has 0 aliphatic carbocycles. The first-order valence-electron chi connectivity index (χ1n) is 11.2. The number of aryl methyl sites for hydroxylation is 1. The van der Waals surface area contributed by atoms with Crippen molar-refractivity contribution in [2.75, 3.05) is 18.4 Å². The Balaban J connectivity index is 1.32. The van der Waals surface area contributed by atoms with Crippen molar-refractivity contribution in [3.8, 4) is 11.3 Å². The molecule has 0 saturated carbocycles. The summed E-state index contributed by atoms with van der Waals surface area (Å²) in [6, 6.07) is 15.7. The zero-order valence-electron chi connectivity index (χ0n) is 18.5. The molecule has 33 heavy (non-hydrogen) atoms. The molecule has 1 amide bonds. The fourth-order valence-electron chi connectivity index (χ4n) is 4.33. The third kappa shape index (κ3) is 4.61. The number of hydrogen-bond acceptors (Lipinski definition) is 4. The number of carbonyl (C=O) groups excluding carboxylic acids is 1. The van der Waals surface area contributed by atoms with Crippen LogP contribution in [0.2, 0.25) is 0 Å². The van der Waals surface area contributed by atoms with Crippen LogP contribution < -0.4 is 5.32 Å². The summed E-state index contributed by atoms with van der Waals surface area (Å²) in [5, 5.41) is 4.06. The van der Waals surface area contributed by atoms with Gasteiger partial charge in [-0.1, -0.05) is 6.07 Å². The second-order valence-corrected chi connectivity index (χ2v) is 8.53. The number of fused-ring (bicyclic) bond motifs is 1. The predicted molar refractivity (Wildman–Crippen MR) is 129 cm³/mol. The molecule has 6 heteroatoms. The Hall–Kier alpha value is -3.64. The van der Waals surface area contributed by atoms with Crippen molar-refractivity contribution in [1.82, 2.24) is 14.9 Å². The Morgan fingerprint density at radius 1 is 1.00 bits per heavy atom. The topological polar surface area (TPSA) is 58.1 Å². The number of halogens is 1. The maximum Gasteiger partial charge on any atom is 0.257 e. The van der Waals surface area contributed by atoms with E-state index in [4.69, 9.17) is 4.98 Å². The van der Waals surface area contributed by atoms with E-state index in [9.17, 15) is 9.18 Å². The second-order valence-electron chi connectivity index (χ2n) is 8.53. The minimum absolute atomic E-state index is 0.235. The van der Waals surface area contributed by atoms with Crippen LogP contribution in [0.3, 0.4) is 0 Å². The van der Waals surface area contributed by atoms with Crippen LogP contribution in [0.1, 0.15) is 34.3 Å². The Kier molecular flexibility index (Phi) is 5.84. The molecule has 1 saturated heterocycles. The normalized spacial score (nSPS) is 14.0. The molecular formula is C27H25FN4O. The van der Waals surface area contributed by atoms with Crippen LogP contribution in [0.4, 0.5) is 10.1 Å². The molecule has 2 aromatic carbocycles. The van der Waals surface area contributed by atoms with Crippen LogP contribution >= 0.6 is 0 Å². The number of anilines is 1. The predicted octanol–water partition coefficient (Wildman–Crippen LogP) is 5.59. The summed E-state index contributed by atoms with van der Waals surface area (Å²) in [4.78, 5) is 24.3. The molecule has 5 nitrogen and oxygen atoms in total. The lowest BCUT2D eigenvalue weighted by Crippen LogP contribution is -2.18. The van der Waals surface area contributed by atoms with Crippen LogP contribution in [0, 0.1) is 12.7 Å². The molecule has 0 atom stereocenters. The van der Waals surface area contributed by atoms with E-state index in [1.165, 1.54) is 36.7 Å². The standard InChI is InChI=1S/C27H25FN4O/c1-18-24(10-6-21-14-19(15-30-26(18)21)17-32-12-2-3-13-32)31-27(33)22-7-11-25(29-16-22)20-4-8-23(28)9-5-20/h4-11,14-16H,2-3,12-13,17H2,1H3,(H,31,33). The van der Waals surface area contributed by atoms with Crippen LogP contribution in [0.5, 0.6) is 0 Å². The number of rotatable bonds is 5. The Morgan fingerprint density at radius 3 is 2.52 bits per heavy atom. The van der Waals surface area contributed by atoms with E-state index < -0.39 is 0 Å². The summed E-state index contributed by atoms with van der Waals surface area (Å²) in [7, 11) is 0. The second kappa shape index (κ2) is 9.08. The van der Waals surface area contributed by atoms with Crippen molar-refractivity contribution >= 4 is 22.5 Å². The third-order valence-electron chi connectivity index (χ3n) is 6.18. The number of aromatic nitrogens is 2. The van der Waals surface area contributed by atoms with Gasteiger partial charge in [0.25, 0.3) is 5.91 Å². The molecule has 166 valence electrons. The number of nitrogens with one attached hydrogen (secondary N) is 1. The fourth-order valence-corrected chi connectivity index (χ4v) is 4.33. The molecule has 1 fully saturated rings. The summed E-state index contributed by atoms with van der Waals surface area (Å²) in [5.74, 6) is -0.529. The molecule has 5 rings (SSSR count). The highest BCUT2D eigenvalue weighted by Crippen LogP contribution is 2.26. The van der Waals surface area contributed by atoms with Crippen LogP contribution in [-0.4, -0.2) is 33.9 Å². The van der Waals surface area contributed by atoms with Crippen molar-refractivity contribution in [3.05, 3.63) is 89.5 Å². The van der Waals surface area contributed by atoms with Gasteiger partial charge in [0.15, 0.2) is 0 Å². The van der Waals surface area contributed by atoms with Crippen molar-refractivity contribution in [2.24, 2.45) is 0 Å². The summed E-state index contributed by atoms with van der Waals surface area (Å²) in [6.45, 7) is 5.21. The molecule has 0 spiro atoms. The molecule has 1 N–H and O–H groups in total. The minimum atomic E-state index is -0.294. The van der Waals surface area contributed by atoms with E-state index in [-0.39, 0.29) is 11.7 Å². The number of pyridine rings is 2. The molecule has 2 aromatic heterocycles. The first-order chi connectivity index (χ1) is 16.1. The number of hydrogen-bond donors (Lipinski definition) is 1. The molecule has 0 bridgehead atoms. The van der Waals surface area contributed by atoms with Gasteiger partial charge in [-0.2, -0.15) is 0 Å². The van der Waals surface area contributed by atoms with Crippen LogP contribution in [-0.2, 0) is 6.54 Å². The third-order valence-corrected chi connectivity index (χ3v) is 6.18. The maximum absolute atomic E-state index is 13.1. The van der Waals surface area contributed by atoms with E-state index in [0.29, 0.717) is 11.3 Å². The molecule has 0 radical (unpaired) electrons. The highest BCUT2D eigenvalue weighted by molar-refractivity contribution is 6.05. The van der Waals surface area contributed by atoms with Crippen molar-refractivity contribution < 1.29 is 9.18 Å². The molecule has 1 aliphatic heterocycles. The van der Waals surface area contributed by atoms with Gasteiger partial charge in [-0.25, -0.2) is 4.39 Å². The maximum atomic E-state index is 13.1. The van der Waals surface area contributed by atoms with Gasteiger partial charge in [-0.05, 0) is 92.5 Å². The highest BCUT2D eigenvalue weighted by Gasteiger charge is 2.14. The number of carbonyl (C=O) groups is 1. The first kappa shape index (κ1) is 21.2. The Bertz CT molecular complexity index is 1300. The summed E-state index contributed by atoms with van der Waals surface area (Å²) < 4.78 is 13.1. The lowest BCUT2D eigenvalue weighted by molar-refractivity contribution is 0.102. The molecular weight excluding hydrogens is 415 g/mol. The summed E-state index contributed by atoms with van der Waals surface area (Å²) >= 11 is 0. The molecule has 3 heterocycles. The van der Waals surface area contributed by atoms with Crippen molar-refractivity contribution in [1.29, 1.82) is 0 Å². The first-order valence-corrected chi connectivity index (χ1v) is 11.2. The largest absolute Gasteiger partial charge is 0.322 e. The van der Waals surface area contributed by atoms with E-state index in [2.05, 4.69) is 21.3 Å². The SMILES string of the molecule is Cc1c(NC(=O)c2ccc(-c3ccc(F)cc3)nc2)ccc2cc(CN3CCCC3)cnc12. The number of benzene rings is 2. The van der Waals surface area contributed by atoms with Gasteiger partial charge in [0.2, 0.25) is 0 Å². The van der Waals surface area contributed by atoms with Gasteiger partial charge < -0.3 is 5.32 Å². The highest BCUT2D eigenvalue weighted by atomic mass is 19.1. The lowest BCUT2D eigenvalue weighted by atomic mass is 10.1. The van der Waals surface area contributed by atoms with Gasteiger partial charge in [-0.3, -0.25) is 19.7 Å². The zero-order chi connectivity index (χ0) is 22.8. The van der Waals surface area contributed by atoms with Gasteiger partial charge in [0.1, 0.15) is 5.82 Å². The number of nitrogens with zero attached hydrogens (tertiary/aromatic N) is 3. The van der Waals surface area contributed by atoms with Crippen LogP contribution in [0.25, 0.3) is 22.2 Å². The van der Waals surface area contributed by atoms with E-state index in [1.807, 2.05) is 25.3 Å². The number of likely N-dealkylation sites (tertiary alicyclic amines) is 1. The van der Waals surface area contributed by atoms with E-state index >= 15 is 0 Å². The van der Waals surface area contributed by atoms with Gasteiger partial charge in [-0.15, -0.1) is 0 Å². The van der Waals surface area contributed by atoms with Gasteiger partial charge in [0.05, 0.1) is 16.8 Å². The van der Waals surface area contributed by atoms with E-state index in [1.54, 1.807) is 24.3 Å². The molecule has 4 aromatic rings. The monoisotopic (exact) mass is 440 g/mol. The summed E-state index contributed by atoms with van der Waals surface area (Å²) in [6.07, 6.45) is 6.02. The average molecular weight is 441 g/mol. The lowest BCUT2D eigenvalue weighted by Gasteiger charge is -2.15. The number of amides is 1. The quantitative estimate of drug-likeness (QED) is 0.439. The smallest absolute Gasteiger partial charge is 0.257 e. The van der Waals surface area contributed by atoms with E-state index in [0.717, 1.165) is 47.4 Å².